The molecule has 0 fully saturated rings. The molecule has 7 heteroatoms. The summed E-state index contributed by atoms with van der Waals surface area (Å²) in [5, 5.41) is 12.6. The summed E-state index contributed by atoms with van der Waals surface area (Å²) in [6.07, 6.45) is 1.31. The van der Waals surface area contributed by atoms with E-state index in [-0.39, 0.29) is 24.5 Å². The molecule has 0 radical (unpaired) electrons. The van der Waals surface area contributed by atoms with E-state index in [2.05, 4.69) is 5.10 Å². The third kappa shape index (κ3) is 2.67. The van der Waals surface area contributed by atoms with Gasteiger partial charge in [0.1, 0.15) is 5.69 Å². The minimum atomic E-state index is -0.768. The van der Waals surface area contributed by atoms with Crippen molar-refractivity contribution in [2.75, 3.05) is 20.2 Å². The molecule has 2 aromatic rings. The molecule has 1 N–H and O–H groups in total. The third-order valence-electron chi connectivity index (χ3n) is 2.76. The van der Waals surface area contributed by atoms with E-state index in [1.165, 1.54) is 30.3 Å². The number of likely N-dealkylation sites (N-methyl/N-ethyl adjacent to an activating group) is 1. The number of rotatable bonds is 4. The lowest BCUT2D eigenvalue weighted by atomic mass is 10.3. The van der Waals surface area contributed by atoms with Gasteiger partial charge in [-0.15, -0.1) is 0 Å². The second kappa shape index (κ2) is 5.79. The van der Waals surface area contributed by atoms with E-state index in [9.17, 15) is 13.6 Å². The van der Waals surface area contributed by atoms with Crippen LogP contribution < -0.4 is 0 Å². The lowest BCUT2D eigenvalue weighted by molar-refractivity contribution is 0.0760. The zero-order valence-electron chi connectivity index (χ0n) is 10.8. The van der Waals surface area contributed by atoms with Gasteiger partial charge in [-0.05, 0) is 18.2 Å². The van der Waals surface area contributed by atoms with Crippen LogP contribution in [0.15, 0.2) is 30.5 Å². The highest BCUT2D eigenvalue weighted by Crippen LogP contribution is 2.17. The van der Waals surface area contributed by atoms with Crippen LogP contribution in [0, 0.1) is 11.6 Å². The molecule has 0 atom stereocenters. The van der Waals surface area contributed by atoms with Gasteiger partial charge in [0.05, 0.1) is 6.61 Å². The van der Waals surface area contributed by atoms with Crippen LogP contribution in [-0.4, -0.2) is 45.9 Å². The average Bonchev–Trinajstić information content (AvgIpc) is 2.87. The maximum atomic E-state index is 13.6. The highest BCUT2D eigenvalue weighted by Gasteiger charge is 2.17. The van der Waals surface area contributed by atoms with Gasteiger partial charge in [0.25, 0.3) is 5.91 Å². The Morgan fingerprint density at radius 3 is 2.60 bits per heavy atom. The van der Waals surface area contributed by atoms with Crippen LogP contribution in [-0.2, 0) is 0 Å². The summed E-state index contributed by atoms with van der Waals surface area (Å²) in [6.45, 7) is -0.0232. The Morgan fingerprint density at radius 1 is 1.35 bits per heavy atom. The first kappa shape index (κ1) is 14.1. The quantitative estimate of drug-likeness (QED) is 0.916. The monoisotopic (exact) mass is 281 g/mol. The third-order valence-corrected chi connectivity index (χ3v) is 2.76. The molecule has 1 aromatic heterocycles. The van der Waals surface area contributed by atoms with Crippen molar-refractivity contribution in [3.63, 3.8) is 0 Å². The SMILES string of the molecule is CN(CCO)C(=O)c1ccn(-c2c(F)cccc2F)n1. The number of halogens is 2. The van der Waals surface area contributed by atoms with Gasteiger partial charge in [0, 0.05) is 19.8 Å². The Balaban J connectivity index is 2.32. The number of hydrogen-bond donors (Lipinski definition) is 1. The summed E-state index contributed by atoms with van der Waals surface area (Å²) >= 11 is 0. The lowest BCUT2D eigenvalue weighted by Crippen LogP contribution is -2.29. The van der Waals surface area contributed by atoms with E-state index >= 15 is 0 Å². The fourth-order valence-corrected chi connectivity index (χ4v) is 1.72. The molecular weight excluding hydrogens is 268 g/mol. The van der Waals surface area contributed by atoms with Gasteiger partial charge in [0.2, 0.25) is 0 Å². The second-order valence-electron chi connectivity index (χ2n) is 4.17. The molecule has 1 heterocycles. The van der Waals surface area contributed by atoms with Crippen molar-refractivity contribution in [1.82, 2.24) is 14.7 Å². The molecule has 0 spiro atoms. The average molecular weight is 281 g/mol. The van der Waals surface area contributed by atoms with E-state index in [4.69, 9.17) is 5.11 Å². The molecule has 5 nitrogen and oxygen atoms in total. The summed E-state index contributed by atoms with van der Waals surface area (Å²) in [7, 11) is 1.50. The molecular formula is C13H13F2N3O2. The zero-order chi connectivity index (χ0) is 14.7. The summed E-state index contributed by atoms with van der Waals surface area (Å²) < 4.78 is 28.2. The van der Waals surface area contributed by atoms with Crippen molar-refractivity contribution in [2.45, 2.75) is 0 Å². The number of amides is 1. The zero-order valence-corrected chi connectivity index (χ0v) is 10.8. The van der Waals surface area contributed by atoms with Gasteiger partial charge in [0.15, 0.2) is 17.3 Å². The molecule has 0 saturated carbocycles. The summed E-state index contributed by atoms with van der Waals surface area (Å²) in [6, 6.07) is 4.83. The van der Waals surface area contributed by atoms with Crippen molar-refractivity contribution in [2.24, 2.45) is 0 Å². The predicted octanol–water partition coefficient (Wildman–Crippen LogP) is 1.21. The molecule has 0 aliphatic carbocycles. The van der Waals surface area contributed by atoms with Crippen LogP contribution in [0.25, 0.3) is 5.69 Å². The van der Waals surface area contributed by atoms with Gasteiger partial charge < -0.3 is 10.0 Å². The number of carbonyl (C=O) groups excluding carboxylic acids is 1. The number of aromatic nitrogens is 2. The van der Waals surface area contributed by atoms with Crippen LogP contribution in [0.5, 0.6) is 0 Å². The van der Waals surface area contributed by atoms with E-state index < -0.39 is 17.5 Å². The molecule has 0 saturated heterocycles. The summed E-state index contributed by atoms with van der Waals surface area (Å²) in [5.41, 5.74) is -0.292. The Kier molecular flexibility index (Phi) is 4.09. The standard InChI is InChI=1S/C13H13F2N3O2/c1-17(7-8-19)13(20)11-5-6-18(16-11)12-9(14)3-2-4-10(12)15/h2-6,19H,7-8H2,1H3. The molecule has 1 aromatic carbocycles. The molecule has 0 bridgehead atoms. The predicted molar refractivity (Wildman–Crippen MR) is 67.5 cm³/mol. The first-order valence-electron chi connectivity index (χ1n) is 5.91. The van der Waals surface area contributed by atoms with Crippen molar-refractivity contribution >= 4 is 5.91 Å². The van der Waals surface area contributed by atoms with Gasteiger partial charge >= 0.3 is 0 Å². The number of para-hydroxylation sites is 1. The van der Waals surface area contributed by atoms with Gasteiger partial charge in [-0.2, -0.15) is 5.10 Å². The number of benzene rings is 1. The van der Waals surface area contributed by atoms with Crippen molar-refractivity contribution < 1.29 is 18.7 Å². The Morgan fingerprint density at radius 2 is 2.00 bits per heavy atom. The van der Waals surface area contributed by atoms with Crippen LogP contribution in [0.4, 0.5) is 8.78 Å². The Bertz CT molecular complexity index is 608. The smallest absolute Gasteiger partial charge is 0.274 e. The van der Waals surface area contributed by atoms with Crippen LogP contribution in [0.3, 0.4) is 0 Å². The van der Waals surface area contributed by atoms with Gasteiger partial charge in [-0.1, -0.05) is 6.07 Å². The van der Waals surface area contributed by atoms with Crippen LogP contribution in [0.2, 0.25) is 0 Å². The Hall–Kier alpha value is -2.28. The lowest BCUT2D eigenvalue weighted by Gasteiger charge is -2.13. The highest BCUT2D eigenvalue weighted by molar-refractivity contribution is 5.92. The summed E-state index contributed by atoms with van der Waals surface area (Å²) in [4.78, 5) is 13.2. The highest BCUT2D eigenvalue weighted by atomic mass is 19.1. The van der Waals surface area contributed by atoms with Crippen molar-refractivity contribution in [1.29, 1.82) is 0 Å². The topological polar surface area (TPSA) is 58.4 Å². The molecule has 2 rings (SSSR count). The largest absolute Gasteiger partial charge is 0.395 e. The van der Waals surface area contributed by atoms with Crippen LogP contribution >= 0.6 is 0 Å². The number of aliphatic hydroxyl groups is 1. The minimum absolute atomic E-state index is 0.0450. The van der Waals surface area contributed by atoms with Gasteiger partial charge in [-0.3, -0.25) is 4.79 Å². The van der Waals surface area contributed by atoms with E-state index in [0.717, 1.165) is 16.8 Å². The number of aliphatic hydroxyl groups excluding tert-OH is 1. The Labute approximate surface area is 114 Å². The van der Waals surface area contributed by atoms with Crippen molar-refractivity contribution in [3.8, 4) is 5.69 Å². The minimum Gasteiger partial charge on any atom is -0.395 e. The second-order valence-corrected chi connectivity index (χ2v) is 4.17. The maximum absolute atomic E-state index is 13.6. The van der Waals surface area contributed by atoms with E-state index in [1.54, 1.807) is 0 Å². The molecule has 106 valence electrons. The number of carbonyl (C=O) groups is 1. The maximum Gasteiger partial charge on any atom is 0.274 e. The number of hydrogen-bond acceptors (Lipinski definition) is 3. The van der Waals surface area contributed by atoms with Gasteiger partial charge in [-0.25, -0.2) is 13.5 Å². The molecule has 20 heavy (non-hydrogen) atoms. The molecule has 0 aliphatic rings. The fraction of sp³-hybridized carbons (Fsp3) is 0.231. The first-order chi connectivity index (χ1) is 9.54. The molecule has 1 amide bonds. The normalized spacial score (nSPS) is 10.6. The van der Waals surface area contributed by atoms with E-state index in [0.29, 0.717) is 0 Å². The summed E-state index contributed by atoms with van der Waals surface area (Å²) in [5.74, 6) is -1.97. The van der Waals surface area contributed by atoms with Crippen LogP contribution in [0.1, 0.15) is 10.5 Å². The number of nitrogens with zero attached hydrogens (tertiary/aromatic N) is 3. The van der Waals surface area contributed by atoms with E-state index in [1.807, 2.05) is 0 Å². The van der Waals surface area contributed by atoms with Crippen molar-refractivity contribution in [3.05, 3.63) is 47.8 Å². The first-order valence-corrected chi connectivity index (χ1v) is 5.91. The molecule has 0 unspecified atom stereocenters. The molecule has 0 aliphatic heterocycles. The fourth-order valence-electron chi connectivity index (χ4n) is 1.72.